The molecule has 6 heteroatoms. The number of H-pyrrole nitrogens is 1. The Balaban J connectivity index is 0.000000722. The molecule has 1 aromatic heterocycles. The van der Waals surface area contributed by atoms with Crippen LogP contribution < -0.4 is 0 Å². The molecule has 1 aliphatic heterocycles. The van der Waals surface area contributed by atoms with Gasteiger partial charge in [-0.1, -0.05) is 6.07 Å². The molecule has 1 fully saturated rings. The number of fused-ring (bicyclic) bond motifs is 1. The number of aromatic amines is 1. The standard InChI is InChI=1S/C11H12N2O2.W.Y/c1-4-14-11(15-5-1)8-2-3-9-10(6-8)13-7-12-9;;/h2-3,6-7,11H,1,4-5H2,(H,12,13);;. The predicted molar refractivity (Wildman–Crippen MR) is 55.4 cm³/mol. The maximum atomic E-state index is 5.53. The van der Waals surface area contributed by atoms with Gasteiger partial charge in [-0.15, -0.1) is 0 Å². The Hall–Kier alpha value is 0.402. The second-order valence-electron chi connectivity index (χ2n) is 3.61. The molecule has 1 N–H and O–H groups in total. The van der Waals surface area contributed by atoms with E-state index in [1.807, 2.05) is 18.2 Å². The van der Waals surface area contributed by atoms with E-state index in [-0.39, 0.29) is 60.1 Å². The Morgan fingerprint density at radius 2 is 2.00 bits per heavy atom. The summed E-state index contributed by atoms with van der Waals surface area (Å²) in [6.07, 6.45) is 2.45. The molecule has 0 amide bonds. The van der Waals surface area contributed by atoms with Gasteiger partial charge >= 0.3 is 0 Å². The quantitative estimate of drug-likeness (QED) is 0.685. The van der Waals surface area contributed by atoms with Crippen molar-refractivity contribution in [3.8, 4) is 0 Å². The zero-order valence-electron chi connectivity index (χ0n) is 9.26. The molecule has 2 heterocycles. The van der Waals surface area contributed by atoms with Crippen molar-refractivity contribution in [1.29, 1.82) is 0 Å². The normalized spacial score (nSPS) is 16.2. The molecular weight excluding hydrogens is 465 g/mol. The van der Waals surface area contributed by atoms with Crippen LogP contribution in [-0.4, -0.2) is 23.2 Å². The van der Waals surface area contributed by atoms with Crippen LogP contribution in [0.4, 0.5) is 0 Å². The van der Waals surface area contributed by atoms with Gasteiger partial charge in [0.15, 0.2) is 6.29 Å². The third-order valence-corrected chi connectivity index (χ3v) is 2.54. The van der Waals surface area contributed by atoms with Crippen LogP contribution in [0.3, 0.4) is 0 Å². The molecule has 0 saturated carbocycles. The molecule has 87 valence electrons. The van der Waals surface area contributed by atoms with Crippen molar-refractivity contribution in [3.05, 3.63) is 30.1 Å². The van der Waals surface area contributed by atoms with Crippen LogP contribution in [0.25, 0.3) is 11.0 Å². The van der Waals surface area contributed by atoms with Crippen molar-refractivity contribution in [3.63, 3.8) is 0 Å². The largest absolute Gasteiger partial charge is 0.348 e. The third-order valence-electron chi connectivity index (χ3n) is 2.54. The van der Waals surface area contributed by atoms with Gasteiger partial charge in [-0.25, -0.2) is 4.98 Å². The fourth-order valence-corrected chi connectivity index (χ4v) is 1.78. The van der Waals surface area contributed by atoms with Crippen molar-refractivity contribution in [2.45, 2.75) is 12.7 Å². The number of imidazole rings is 1. The van der Waals surface area contributed by atoms with Gasteiger partial charge in [0.05, 0.1) is 30.6 Å². The molecule has 4 nitrogen and oxygen atoms in total. The third kappa shape index (κ3) is 3.45. The van der Waals surface area contributed by atoms with Crippen LogP contribution in [0.5, 0.6) is 0 Å². The minimum absolute atomic E-state index is 0. The summed E-state index contributed by atoms with van der Waals surface area (Å²) in [5.41, 5.74) is 3.03. The first-order chi connectivity index (χ1) is 7.43. The summed E-state index contributed by atoms with van der Waals surface area (Å²) in [5, 5.41) is 0. The van der Waals surface area contributed by atoms with E-state index in [4.69, 9.17) is 9.47 Å². The van der Waals surface area contributed by atoms with E-state index in [1.165, 1.54) is 0 Å². The molecule has 1 saturated heterocycles. The van der Waals surface area contributed by atoms with Crippen molar-refractivity contribution < 1.29 is 63.2 Å². The molecule has 1 aromatic carbocycles. The van der Waals surface area contributed by atoms with Gasteiger partial charge < -0.3 is 14.5 Å². The summed E-state index contributed by atoms with van der Waals surface area (Å²) in [7, 11) is 0. The second-order valence-corrected chi connectivity index (χ2v) is 3.61. The van der Waals surface area contributed by atoms with E-state index in [9.17, 15) is 0 Å². The number of aromatic nitrogens is 2. The van der Waals surface area contributed by atoms with E-state index in [0.717, 1.165) is 36.2 Å². The van der Waals surface area contributed by atoms with Gasteiger partial charge in [-0.3, -0.25) is 0 Å². The first-order valence-corrected chi connectivity index (χ1v) is 5.10. The number of nitrogens with one attached hydrogen (secondary N) is 1. The fourth-order valence-electron chi connectivity index (χ4n) is 1.78. The molecule has 0 aliphatic carbocycles. The molecule has 0 spiro atoms. The molecule has 1 aliphatic rings. The van der Waals surface area contributed by atoms with Crippen LogP contribution in [0.15, 0.2) is 24.5 Å². The maximum Gasteiger partial charge on any atom is 0.183 e. The zero-order valence-corrected chi connectivity index (χ0v) is 15.0. The van der Waals surface area contributed by atoms with E-state index in [1.54, 1.807) is 6.33 Å². The summed E-state index contributed by atoms with van der Waals surface area (Å²) in [4.78, 5) is 7.24. The predicted octanol–water partition coefficient (Wildman–Crippen LogP) is 1.99. The minimum Gasteiger partial charge on any atom is -0.348 e. The van der Waals surface area contributed by atoms with Crippen molar-refractivity contribution in [2.75, 3.05) is 13.2 Å². The Morgan fingerprint density at radius 1 is 1.24 bits per heavy atom. The Morgan fingerprint density at radius 3 is 2.76 bits per heavy atom. The van der Waals surface area contributed by atoms with Crippen LogP contribution in [-0.2, 0) is 63.2 Å². The molecule has 0 atom stereocenters. The second kappa shape index (κ2) is 7.10. The van der Waals surface area contributed by atoms with Gasteiger partial charge in [0.1, 0.15) is 0 Å². The average molecular weight is 477 g/mol. The minimum atomic E-state index is -0.216. The molecule has 3 rings (SSSR count). The molecule has 1 radical (unpaired) electrons. The van der Waals surface area contributed by atoms with Crippen LogP contribution in [0, 0.1) is 0 Å². The number of rotatable bonds is 1. The maximum absolute atomic E-state index is 5.53. The summed E-state index contributed by atoms with van der Waals surface area (Å²) in [5.74, 6) is 0. The van der Waals surface area contributed by atoms with E-state index in [2.05, 4.69) is 9.97 Å². The molecular formula is C11H12N2O2WY. The molecule has 2 aromatic rings. The first-order valence-electron chi connectivity index (χ1n) is 5.10. The van der Waals surface area contributed by atoms with Gasteiger partial charge in [-0.05, 0) is 18.6 Å². The molecule has 0 unspecified atom stereocenters. The van der Waals surface area contributed by atoms with E-state index >= 15 is 0 Å². The van der Waals surface area contributed by atoms with Gasteiger partial charge in [0.2, 0.25) is 0 Å². The summed E-state index contributed by atoms with van der Waals surface area (Å²) in [6.45, 7) is 1.54. The van der Waals surface area contributed by atoms with Gasteiger partial charge in [-0.2, -0.15) is 0 Å². The summed E-state index contributed by atoms with van der Waals surface area (Å²) >= 11 is 0. The van der Waals surface area contributed by atoms with Crippen molar-refractivity contribution in [2.24, 2.45) is 0 Å². The summed E-state index contributed by atoms with van der Waals surface area (Å²) < 4.78 is 11.1. The van der Waals surface area contributed by atoms with Crippen molar-refractivity contribution >= 4 is 11.0 Å². The number of hydrogen-bond acceptors (Lipinski definition) is 3. The number of nitrogens with zero attached hydrogens (tertiary/aromatic N) is 1. The SMILES string of the molecule is [W].[Y].c1nc2ccc(C3OCCCO3)cc2[nH]1. The van der Waals surface area contributed by atoms with Crippen LogP contribution in [0.1, 0.15) is 18.3 Å². The number of hydrogen-bond donors (Lipinski definition) is 1. The van der Waals surface area contributed by atoms with Crippen molar-refractivity contribution in [1.82, 2.24) is 9.97 Å². The van der Waals surface area contributed by atoms with E-state index in [0.29, 0.717) is 0 Å². The van der Waals surface area contributed by atoms with Crippen LogP contribution in [0.2, 0.25) is 0 Å². The average Bonchev–Trinajstić information content (AvgIpc) is 2.77. The first kappa shape index (κ1) is 15.5. The fraction of sp³-hybridized carbons (Fsp3) is 0.364. The monoisotopic (exact) mass is 477 g/mol. The number of ether oxygens (including phenoxy) is 2. The number of benzene rings is 1. The molecule has 0 bridgehead atoms. The molecule has 17 heavy (non-hydrogen) atoms. The Labute approximate surface area is 139 Å². The smallest absolute Gasteiger partial charge is 0.183 e. The van der Waals surface area contributed by atoms with E-state index < -0.39 is 0 Å². The summed E-state index contributed by atoms with van der Waals surface area (Å²) in [6, 6.07) is 6.00. The zero-order chi connectivity index (χ0) is 10.1. The Bertz CT molecular complexity index is 471. The van der Waals surface area contributed by atoms with Crippen LogP contribution >= 0.6 is 0 Å². The van der Waals surface area contributed by atoms with Gasteiger partial charge in [0, 0.05) is 59.3 Å². The topological polar surface area (TPSA) is 47.1 Å². The Kier molecular flexibility index (Phi) is 6.46. The van der Waals surface area contributed by atoms with Gasteiger partial charge in [0.25, 0.3) is 0 Å².